The molecule has 0 aliphatic carbocycles. The largest absolute Gasteiger partial charge is 0.452 e. The number of carbonyl (C=O) groups is 2. The molecule has 0 radical (unpaired) electrons. The number of aliphatic hydroxyl groups excluding tert-OH is 1. The molecule has 0 spiro atoms. The molecule has 28 heavy (non-hydrogen) atoms. The van der Waals surface area contributed by atoms with Gasteiger partial charge >= 0.3 is 11.9 Å². The van der Waals surface area contributed by atoms with E-state index in [-0.39, 0.29) is 0 Å². The van der Waals surface area contributed by atoms with E-state index in [9.17, 15) is 14.7 Å². The summed E-state index contributed by atoms with van der Waals surface area (Å²) in [7, 11) is 1.38. The molecule has 5 atom stereocenters. The number of esters is 2. The first-order valence-electron chi connectivity index (χ1n) is 8.89. The van der Waals surface area contributed by atoms with Crippen LogP contribution in [0.1, 0.15) is 27.6 Å². The monoisotopic (exact) mass is 386 g/mol. The highest BCUT2D eigenvalue weighted by molar-refractivity contribution is 5.90. The van der Waals surface area contributed by atoms with Crippen LogP contribution in [0.25, 0.3) is 0 Å². The van der Waals surface area contributed by atoms with Gasteiger partial charge in [0.2, 0.25) is 0 Å². The first-order valence-corrected chi connectivity index (χ1v) is 8.89. The predicted molar refractivity (Wildman–Crippen MR) is 98.6 cm³/mol. The van der Waals surface area contributed by atoms with Gasteiger partial charge in [0.05, 0.1) is 17.2 Å². The quantitative estimate of drug-likeness (QED) is 0.788. The molecule has 0 unspecified atom stereocenters. The van der Waals surface area contributed by atoms with Crippen molar-refractivity contribution in [3.8, 4) is 0 Å². The molecule has 7 nitrogen and oxygen atoms in total. The molecule has 1 heterocycles. The molecule has 1 saturated heterocycles. The third kappa shape index (κ3) is 4.39. The summed E-state index contributed by atoms with van der Waals surface area (Å²) in [6.45, 7) is 1.62. The van der Waals surface area contributed by atoms with E-state index in [1.807, 2.05) is 0 Å². The topological polar surface area (TPSA) is 91.3 Å². The van der Waals surface area contributed by atoms with E-state index >= 15 is 0 Å². The van der Waals surface area contributed by atoms with Crippen LogP contribution < -0.4 is 0 Å². The molecule has 1 aliphatic heterocycles. The standard InChI is InChI=1S/C21H22O7/c1-13-16(22)17(27-19(23)14-9-5-3-6-10-14)18(21(25-2)26-13)28-20(24)15-11-7-4-8-12-15/h3-13,16-18,21-22H,1-2H3/t13-,16+,17+,18-,21-/m1/s1. The minimum absolute atomic E-state index is 0.316. The SMILES string of the molecule is CO[C@@H]1O[C@H](C)[C@H](O)[C@H](OC(=O)c2ccccc2)[C@H]1OC(=O)c1ccccc1. The van der Waals surface area contributed by atoms with Gasteiger partial charge in [-0.15, -0.1) is 0 Å². The summed E-state index contributed by atoms with van der Waals surface area (Å²) in [5.74, 6) is -1.28. The van der Waals surface area contributed by atoms with E-state index in [4.69, 9.17) is 18.9 Å². The zero-order valence-electron chi connectivity index (χ0n) is 15.6. The van der Waals surface area contributed by atoms with E-state index in [0.717, 1.165) is 0 Å². The van der Waals surface area contributed by atoms with Gasteiger partial charge in [0.25, 0.3) is 0 Å². The van der Waals surface area contributed by atoms with E-state index in [1.165, 1.54) is 7.11 Å². The van der Waals surface area contributed by atoms with Crippen LogP contribution in [0, 0.1) is 0 Å². The summed E-state index contributed by atoms with van der Waals surface area (Å²) in [6, 6.07) is 16.7. The number of aliphatic hydroxyl groups is 1. The highest BCUT2D eigenvalue weighted by Crippen LogP contribution is 2.28. The van der Waals surface area contributed by atoms with Gasteiger partial charge in [-0.25, -0.2) is 9.59 Å². The van der Waals surface area contributed by atoms with Crippen molar-refractivity contribution in [1.29, 1.82) is 0 Å². The van der Waals surface area contributed by atoms with Crippen molar-refractivity contribution in [3.05, 3.63) is 71.8 Å². The van der Waals surface area contributed by atoms with E-state index in [0.29, 0.717) is 11.1 Å². The first-order chi connectivity index (χ1) is 13.5. The van der Waals surface area contributed by atoms with Crippen LogP contribution in [0.5, 0.6) is 0 Å². The molecule has 0 aromatic heterocycles. The molecule has 148 valence electrons. The summed E-state index contributed by atoms with van der Waals surface area (Å²) in [5, 5.41) is 10.6. The van der Waals surface area contributed by atoms with Gasteiger partial charge in [0, 0.05) is 7.11 Å². The highest BCUT2D eigenvalue weighted by atomic mass is 16.7. The van der Waals surface area contributed by atoms with Gasteiger partial charge in [-0.1, -0.05) is 36.4 Å². The number of carbonyl (C=O) groups excluding carboxylic acids is 2. The van der Waals surface area contributed by atoms with Gasteiger partial charge in [-0.2, -0.15) is 0 Å². The van der Waals surface area contributed by atoms with Gasteiger partial charge in [0.15, 0.2) is 18.5 Å². The van der Waals surface area contributed by atoms with Crippen molar-refractivity contribution in [2.24, 2.45) is 0 Å². The fourth-order valence-electron chi connectivity index (χ4n) is 2.97. The Morgan fingerprint density at radius 1 is 0.857 bits per heavy atom. The molecule has 2 aromatic carbocycles. The lowest BCUT2D eigenvalue weighted by atomic mass is 9.99. The molecule has 0 saturated carbocycles. The van der Waals surface area contributed by atoms with Crippen molar-refractivity contribution < 1.29 is 33.6 Å². The lowest BCUT2D eigenvalue weighted by Gasteiger charge is -2.41. The fourth-order valence-corrected chi connectivity index (χ4v) is 2.97. The van der Waals surface area contributed by atoms with Crippen LogP contribution in [-0.4, -0.2) is 54.9 Å². The molecule has 1 fully saturated rings. The summed E-state index contributed by atoms with van der Waals surface area (Å²) in [5.41, 5.74) is 0.634. The van der Waals surface area contributed by atoms with Crippen molar-refractivity contribution >= 4 is 11.9 Å². The van der Waals surface area contributed by atoms with Crippen molar-refractivity contribution in [2.45, 2.75) is 37.6 Å². The van der Waals surface area contributed by atoms with Crippen molar-refractivity contribution in [1.82, 2.24) is 0 Å². The maximum Gasteiger partial charge on any atom is 0.338 e. The number of methoxy groups -OCH3 is 1. The molecule has 2 aromatic rings. The fraction of sp³-hybridized carbons (Fsp3) is 0.333. The Hall–Kier alpha value is -2.74. The first kappa shape index (κ1) is 20.0. The van der Waals surface area contributed by atoms with Crippen LogP contribution in [0.2, 0.25) is 0 Å². The second kappa shape index (κ2) is 8.97. The van der Waals surface area contributed by atoms with E-state index in [1.54, 1.807) is 67.6 Å². The van der Waals surface area contributed by atoms with E-state index in [2.05, 4.69) is 0 Å². The Labute approximate surface area is 162 Å². The predicted octanol–water partition coefficient (Wildman–Crippen LogP) is 2.19. The maximum atomic E-state index is 12.5. The molecule has 1 N–H and O–H groups in total. The zero-order chi connectivity index (χ0) is 20.1. The number of hydrogen-bond donors (Lipinski definition) is 1. The van der Waals surface area contributed by atoms with Crippen molar-refractivity contribution in [2.75, 3.05) is 7.11 Å². The molecule has 3 rings (SSSR count). The normalized spacial score (nSPS) is 27.0. The Morgan fingerprint density at radius 3 is 1.79 bits per heavy atom. The third-order valence-corrected chi connectivity index (χ3v) is 4.50. The smallest absolute Gasteiger partial charge is 0.338 e. The van der Waals surface area contributed by atoms with Crippen LogP contribution in [0.15, 0.2) is 60.7 Å². The number of benzene rings is 2. The summed E-state index contributed by atoms with van der Waals surface area (Å²) >= 11 is 0. The lowest BCUT2D eigenvalue weighted by Crippen LogP contribution is -2.60. The minimum Gasteiger partial charge on any atom is -0.452 e. The molecular formula is C21H22O7. The Balaban J connectivity index is 1.83. The minimum atomic E-state index is -1.20. The second-order valence-corrected chi connectivity index (χ2v) is 6.41. The second-order valence-electron chi connectivity index (χ2n) is 6.41. The number of hydrogen-bond acceptors (Lipinski definition) is 7. The molecule has 0 bridgehead atoms. The van der Waals surface area contributed by atoms with Crippen molar-refractivity contribution in [3.63, 3.8) is 0 Å². The Morgan fingerprint density at radius 2 is 1.32 bits per heavy atom. The number of rotatable bonds is 5. The molecule has 0 amide bonds. The van der Waals surface area contributed by atoms with Gasteiger partial charge in [-0.3, -0.25) is 0 Å². The average molecular weight is 386 g/mol. The Kier molecular flexibility index (Phi) is 6.41. The Bertz CT molecular complexity index is 739. The zero-order valence-corrected chi connectivity index (χ0v) is 15.6. The van der Waals surface area contributed by atoms with Crippen LogP contribution in [0.3, 0.4) is 0 Å². The van der Waals surface area contributed by atoms with Gasteiger partial charge in [-0.05, 0) is 31.2 Å². The summed E-state index contributed by atoms with van der Waals surface area (Å²) in [6.07, 6.45) is -5.19. The molecular weight excluding hydrogens is 364 g/mol. The van der Waals surface area contributed by atoms with Gasteiger partial charge < -0.3 is 24.1 Å². The average Bonchev–Trinajstić information content (AvgIpc) is 2.74. The highest BCUT2D eigenvalue weighted by Gasteiger charge is 2.48. The summed E-state index contributed by atoms with van der Waals surface area (Å²) < 4.78 is 21.9. The summed E-state index contributed by atoms with van der Waals surface area (Å²) in [4.78, 5) is 25.0. The maximum absolute atomic E-state index is 12.5. The van der Waals surface area contributed by atoms with Crippen LogP contribution in [0.4, 0.5) is 0 Å². The molecule has 7 heteroatoms. The van der Waals surface area contributed by atoms with E-state index < -0.39 is 42.6 Å². The number of ether oxygens (including phenoxy) is 4. The molecule has 1 aliphatic rings. The lowest BCUT2D eigenvalue weighted by molar-refractivity contribution is -0.284. The van der Waals surface area contributed by atoms with Gasteiger partial charge in [0.1, 0.15) is 6.10 Å². The van der Waals surface area contributed by atoms with Crippen LogP contribution in [-0.2, 0) is 18.9 Å². The van der Waals surface area contributed by atoms with Crippen LogP contribution >= 0.6 is 0 Å². The third-order valence-electron chi connectivity index (χ3n) is 4.50.